The van der Waals surface area contributed by atoms with Crippen LogP contribution in [0.15, 0.2) is 24.3 Å². The molecule has 1 heterocycles. The highest BCUT2D eigenvalue weighted by Crippen LogP contribution is 2.12. The summed E-state index contributed by atoms with van der Waals surface area (Å²) >= 11 is 0. The van der Waals surface area contributed by atoms with Gasteiger partial charge in [0.2, 0.25) is 5.91 Å². The number of hydrogen-bond acceptors (Lipinski definition) is 4. The second-order valence-corrected chi connectivity index (χ2v) is 6.63. The van der Waals surface area contributed by atoms with Gasteiger partial charge in [-0.1, -0.05) is 0 Å². The van der Waals surface area contributed by atoms with Crippen molar-refractivity contribution in [3.05, 3.63) is 29.8 Å². The van der Waals surface area contributed by atoms with Crippen LogP contribution in [0.25, 0.3) is 0 Å². The molecular formula is C17H25N3O3. The standard InChI is InChI=1S/C17H25N3O3/c1-17(2,3)18-12-15(21)19-14-6-4-13(5-7-14)16(22)20-8-10-23-11-9-20/h4-7,18H,8-12H2,1-3H3,(H,19,21). The molecule has 0 atom stereocenters. The first kappa shape index (κ1) is 17.4. The van der Waals surface area contributed by atoms with Crippen molar-refractivity contribution in [2.24, 2.45) is 0 Å². The number of rotatable bonds is 4. The molecule has 0 radical (unpaired) electrons. The lowest BCUT2D eigenvalue weighted by Gasteiger charge is -2.26. The molecular weight excluding hydrogens is 294 g/mol. The number of nitrogens with one attached hydrogen (secondary N) is 2. The van der Waals surface area contributed by atoms with Gasteiger partial charge in [-0.15, -0.1) is 0 Å². The summed E-state index contributed by atoms with van der Waals surface area (Å²) in [7, 11) is 0. The smallest absolute Gasteiger partial charge is 0.254 e. The van der Waals surface area contributed by atoms with Gasteiger partial charge < -0.3 is 20.3 Å². The molecule has 1 aromatic carbocycles. The highest BCUT2D eigenvalue weighted by molar-refractivity contribution is 5.96. The molecule has 1 aliphatic rings. The Hall–Kier alpha value is -1.92. The Bertz CT molecular complexity index is 543. The van der Waals surface area contributed by atoms with Gasteiger partial charge in [0.05, 0.1) is 19.8 Å². The number of benzene rings is 1. The van der Waals surface area contributed by atoms with Crippen LogP contribution < -0.4 is 10.6 Å². The largest absolute Gasteiger partial charge is 0.378 e. The van der Waals surface area contributed by atoms with Crippen molar-refractivity contribution in [2.45, 2.75) is 26.3 Å². The fraction of sp³-hybridized carbons (Fsp3) is 0.529. The van der Waals surface area contributed by atoms with Crippen LogP contribution in [0, 0.1) is 0 Å². The summed E-state index contributed by atoms with van der Waals surface area (Å²) in [6.07, 6.45) is 0. The SMILES string of the molecule is CC(C)(C)NCC(=O)Nc1ccc(C(=O)N2CCOCC2)cc1. The van der Waals surface area contributed by atoms with E-state index >= 15 is 0 Å². The topological polar surface area (TPSA) is 70.7 Å². The monoisotopic (exact) mass is 319 g/mol. The Morgan fingerprint density at radius 3 is 2.30 bits per heavy atom. The predicted octanol–water partition coefficient (Wildman–Crippen LogP) is 1.49. The first-order chi connectivity index (χ1) is 10.8. The average Bonchev–Trinajstić information content (AvgIpc) is 2.53. The molecule has 0 bridgehead atoms. The number of amides is 2. The van der Waals surface area contributed by atoms with Gasteiger partial charge in [-0.05, 0) is 45.0 Å². The second-order valence-electron chi connectivity index (χ2n) is 6.63. The van der Waals surface area contributed by atoms with Crippen molar-refractivity contribution >= 4 is 17.5 Å². The van der Waals surface area contributed by atoms with Crippen molar-refractivity contribution in [3.63, 3.8) is 0 Å². The molecule has 2 rings (SSSR count). The summed E-state index contributed by atoms with van der Waals surface area (Å²) in [5.74, 6) is -0.104. The third kappa shape index (κ3) is 5.65. The van der Waals surface area contributed by atoms with E-state index in [0.29, 0.717) is 37.6 Å². The van der Waals surface area contributed by atoms with E-state index in [1.165, 1.54) is 0 Å². The van der Waals surface area contributed by atoms with Crippen molar-refractivity contribution in [3.8, 4) is 0 Å². The molecule has 2 N–H and O–H groups in total. The highest BCUT2D eigenvalue weighted by atomic mass is 16.5. The van der Waals surface area contributed by atoms with Gasteiger partial charge in [0.15, 0.2) is 0 Å². The van der Waals surface area contributed by atoms with E-state index in [-0.39, 0.29) is 23.9 Å². The Labute approximate surface area is 137 Å². The fourth-order valence-electron chi connectivity index (χ4n) is 2.20. The van der Waals surface area contributed by atoms with E-state index < -0.39 is 0 Å². The molecule has 6 heteroatoms. The second kappa shape index (κ2) is 7.57. The first-order valence-electron chi connectivity index (χ1n) is 7.87. The minimum Gasteiger partial charge on any atom is -0.378 e. The van der Waals surface area contributed by atoms with Gasteiger partial charge in [0.25, 0.3) is 5.91 Å². The summed E-state index contributed by atoms with van der Waals surface area (Å²) < 4.78 is 5.25. The van der Waals surface area contributed by atoms with Crippen LogP contribution in [-0.2, 0) is 9.53 Å². The summed E-state index contributed by atoms with van der Waals surface area (Å²) in [4.78, 5) is 26.0. The third-order valence-electron chi connectivity index (χ3n) is 3.49. The maximum atomic E-state index is 12.3. The first-order valence-corrected chi connectivity index (χ1v) is 7.87. The van der Waals surface area contributed by atoms with Crippen LogP contribution in [-0.4, -0.2) is 55.1 Å². The maximum Gasteiger partial charge on any atom is 0.254 e. The molecule has 126 valence electrons. The van der Waals surface area contributed by atoms with Gasteiger partial charge in [0.1, 0.15) is 0 Å². The minimum atomic E-state index is -0.105. The number of anilines is 1. The van der Waals surface area contributed by atoms with Crippen molar-refractivity contribution in [1.29, 1.82) is 0 Å². The zero-order chi connectivity index (χ0) is 16.9. The van der Waals surface area contributed by atoms with Crippen LogP contribution in [0.2, 0.25) is 0 Å². The number of ether oxygens (including phenoxy) is 1. The van der Waals surface area contributed by atoms with Gasteiger partial charge in [0, 0.05) is 29.9 Å². The average molecular weight is 319 g/mol. The predicted molar refractivity (Wildman–Crippen MR) is 89.5 cm³/mol. The minimum absolute atomic E-state index is 0.000533. The lowest BCUT2D eigenvalue weighted by Crippen LogP contribution is -2.41. The van der Waals surface area contributed by atoms with Gasteiger partial charge >= 0.3 is 0 Å². The van der Waals surface area contributed by atoms with Crippen LogP contribution in [0.4, 0.5) is 5.69 Å². The number of carbonyl (C=O) groups excluding carboxylic acids is 2. The number of morpholine rings is 1. The Morgan fingerprint density at radius 1 is 1.13 bits per heavy atom. The number of carbonyl (C=O) groups is 2. The third-order valence-corrected chi connectivity index (χ3v) is 3.49. The van der Waals surface area contributed by atoms with Crippen LogP contribution in [0.3, 0.4) is 0 Å². The van der Waals surface area contributed by atoms with Gasteiger partial charge in [-0.3, -0.25) is 9.59 Å². The molecule has 0 unspecified atom stereocenters. The van der Waals surface area contributed by atoms with Gasteiger partial charge in [-0.2, -0.15) is 0 Å². The zero-order valence-electron chi connectivity index (χ0n) is 14.0. The summed E-state index contributed by atoms with van der Waals surface area (Å²) in [5, 5.41) is 5.94. The van der Waals surface area contributed by atoms with Crippen LogP contribution in [0.5, 0.6) is 0 Å². The Kier molecular flexibility index (Phi) is 5.74. The Balaban J connectivity index is 1.88. The number of hydrogen-bond donors (Lipinski definition) is 2. The zero-order valence-corrected chi connectivity index (χ0v) is 14.0. The van der Waals surface area contributed by atoms with Gasteiger partial charge in [-0.25, -0.2) is 0 Å². The van der Waals surface area contributed by atoms with Crippen LogP contribution >= 0.6 is 0 Å². The normalized spacial score (nSPS) is 15.3. The lowest BCUT2D eigenvalue weighted by molar-refractivity contribution is -0.115. The molecule has 1 aromatic rings. The van der Waals surface area contributed by atoms with E-state index in [9.17, 15) is 9.59 Å². The molecule has 1 fully saturated rings. The molecule has 0 aliphatic carbocycles. The molecule has 6 nitrogen and oxygen atoms in total. The molecule has 1 saturated heterocycles. The van der Waals surface area contributed by atoms with E-state index in [2.05, 4.69) is 10.6 Å². The van der Waals surface area contributed by atoms with Crippen molar-refractivity contribution in [2.75, 3.05) is 38.2 Å². The molecule has 0 aromatic heterocycles. The maximum absolute atomic E-state index is 12.3. The quantitative estimate of drug-likeness (QED) is 0.882. The summed E-state index contributed by atoms with van der Waals surface area (Å²) in [6.45, 7) is 8.68. The number of nitrogens with zero attached hydrogens (tertiary/aromatic N) is 1. The van der Waals surface area contributed by atoms with Crippen molar-refractivity contribution in [1.82, 2.24) is 10.2 Å². The van der Waals surface area contributed by atoms with E-state index in [4.69, 9.17) is 4.74 Å². The highest BCUT2D eigenvalue weighted by Gasteiger charge is 2.18. The molecule has 1 aliphatic heterocycles. The molecule has 2 amide bonds. The van der Waals surface area contributed by atoms with E-state index in [0.717, 1.165) is 0 Å². The summed E-state index contributed by atoms with van der Waals surface area (Å²) in [5.41, 5.74) is 1.20. The molecule has 23 heavy (non-hydrogen) atoms. The van der Waals surface area contributed by atoms with Crippen molar-refractivity contribution < 1.29 is 14.3 Å². The van der Waals surface area contributed by atoms with E-state index in [1.807, 2.05) is 20.8 Å². The Morgan fingerprint density at radius 2 is 1.74 bits per heavy atom. The lowest BCUT2D eigenvalue weighted by atomic mass is 10.1. The fourth-order valence-corrected chi connectivity index (χ4v) is 2.20. The molecule has 0 spiro atoms. The van der Waals surface area contributed by atoms with Crippen LogP contribution in [0.1, 0.15) is 31.1 Å². The summed E-state index contributed by atoms with van der Waals surface area (Å²) in [6, 6.07) is 6.99. The molecule has 0 saturated carbocycles. The van der Waals surface area contributed by atoms with E-state index in [1.54, 1.807) is 29.2 Å².